The molecule has 210 valence electrons. The van der Waals surface area contributed by atoms with Crippen molar-refractivity contribution in [2.75, 3.05) is 20.3 Å². The first-order chi connectivity index (χ1) is 19.1. The number of phenols is 1. The SMILES string of the molecule is COP(=O)([O-])OCCCCCCNC(=O)c1ccc(C(=O)O)c(C2=C3C=CC(=O)C=C3Cc3cc(O)ccc32)c1. The number of phenolic OH excluding ortho intramolecular Hbond substituents is 1. The number of carboxylic acids is 1. The van der Waals surface area contributed by atoms with Crippen molar-refractivity contribution >= 4 is 31.1 Å². The summed E-state index contributed by atoms with van der Waals surface area (Å²) in [7, 11) is -3.18. The third kappa shape index (κ3) is 6.84. The zero-order valence-electron chi connectivity index (χ0n) is 21.8. The quantitative estimate of drug-likeness (QED) is 0.255. The van der Waals surface area contributed by atoms with E-state index in [0.29, 0.717) is 60.1 Å². The molecule has 1 amide bonds. The number of aromatic hydroxyl groups is 1. The molecule has 40 heavy (non-hydrogen) atoms. The van der Waals surface area contributed by atoms with Gasteiger partial charge in [0.2, 0.25) is 0 Å². The topological polar surface area (TPSA) is 162 Å². The van der Waals surface area contributed by atoms with E-state index < -0.39 is 13.8 Å². The molecule has 11 heteroatoms. The fraction of sp³-hybridized carbons (Fsp3) is 0.276. The minimum Gasteiger partial charge on any atom is -0.756 e. The largest absolute Gasteiger partial charge is 0.756 e. The van der Waals surface area contributed by atoms with E-state index in [4.69, 9.17) is 0 Å². The first-order valence-corrected chi connectivity index (χ1v) is 14.2. The van der Waals surface area contributed by atoms with E-state index in [9.17, 15) is 34.1 Å². The number of ketones is 1. The molecule has 4 rings (SSSR count). The molecule has 2 aromatic rings. The zero-order valence-corrected chi connectivity index (χ0v) is 22.7. The number of allylic oxidation sites excluding steroid dienone is 5. The Labute approximate surface area is 231 Å². The van der Waals surface area contributed by atoms with E-state index in [2.05, 4.69) is 14.4 Å². The number of nitrogens with one attached hydrogen (secondary N) is 1. The summed E-state index contributed by atoms with van der Waals surface area (Å²) in [5, 5.41) is 22.9. The molecule has 0 heterocycles. The van der Waals surface area contributed by atoms with E-state index >= 15 is 0 Å². The van der Waals surface area contributed by atoms with Crippen LogP contribution in [0.4, 0.5) is 0 Å². The second-order valence-corrected chi connectivity index (χ2v) is 10.9. The number of hydrogen-bond donors (Lipinski definition) is 3. The number of carbonyl (C=O) groups is 3. The number of hydrogen-bond acceptors (Lipinski definition) is 8. The summed E-state index contributed by atoms with van der Waals surface area (Å²) in [4.78, 5) is 48.4. The van der Waals surface area contributed by atoms with Crippen LogP contribution in [-0.2, 0) is 24.8 Å². The van der Waals surface area contributed by atoms with Crippen LogP contribution in [0.1, 0.15) is 63.1 Å². The van der Waals surface area contributed by atoms with Crippen molar-refractivity contribution in [3.05, 3.63) is 93.6 Å². The van der Waals surface area contributed by atoms with Gasteiger partial charge in [0.05, 0.1) is 12.2 Å². The van der Waals surface area contributed by atoms with Gasteiger partial charge < -0.3 is 29.5 Å². The predicted molar refractivity (Wildman–Crippen MR) is 145 cm³/mol. The van der Waals surface area contributed by atoms with Crippen molar-refractivity contribution in [2.45, 2.75) is 32.1 Å². The van der Waals surface area contributed by atoms with Crippen molar-refractivity contribution < 1.29 is 43.1 Å². The Balaban J connectivity index is 1.52. The van der Waals surface area contributed by atoms with Gasteiger partial charge in [0.1, 0.15) is 5.75 Å². The van der Waals surface area contributed by atoms with E-state index in [1.54, 1.807) is 24.3 Å². The van der Waals surface area contributed by atoms with Crippen LogP contribution in [0.25, 0.3) is 5.57 Å². The van der Waals surface area contributed by atoms with Crippen molar-refractivity contribution in [3.8, 4) is 5.75 Å². The molecular formula is C29H29NO9P-. The number of aromatic carboxylic acids is 1. The van der Waals surface area contributed by atoms with Crippen molar-refractivity contribution in [1.82, 2.24) is 5.32 Å². The Morgan fingerprint density at radius 2 is 1.82 bits per heavy atom. The molecule has 0 radical (unpaired) electrons. The fourth-order valence-corrected chi connectivity index (χ4v) is 5.22. The lowest BCUT2D eigenvalue weighted by molar-refractivity contribution is -0.223. The molecule has 0 spiro atoms. The van der Waals surface area contributed by atoms with Crippen LogP contribution in [0.15, 0.2) is 65.8 Å². The van der Waals surface area contributed by atoms with Gasteiger partial charge in [0.25, 0.3) is 13.7 Å². The van der Waals surface area contributed by atoms with E-state index in [-0.39, 0.29) is 35.2 Å². The van der Waals surface area contributed by atoms with Crippen LogP contribution in [0, 0.1) is 0 Å². The van der Waals surface area contributed by atoms with Crippen LogP contribution in [0.2, 0.25) is 0 Å². The number of benzene rings is 2. The summed E-state index contributed by atoms with van der Waals surface area (Å²) < 4.78 is 20.1. The maximum absolute atomic E-state index is 13.0. The maximum atomic E-state index is 13.0. The number of carboxylic acid groups (broad SMARTS) is 1. The van der Waals surface area contributed by atoms with Gasteiger partial charge in [-0.2, -0.15) is 0 Å². The first-order valence-electron chi connectivity index (χ1n) is 12.8. The second-order valence-electron chi connectivity index (χ2n) is 9.41. The van der Waals surface area contributed by atoms with Crippen LogP contribution < -0.4 is 10.2 Å². The smallest absolute Gasteiger partial charge is 0.336 e. The second kappa shape index (κ2) is 12.6. The number of phosphoric ester groups is 1. The summed E-state index contributed by atoms with van der Waals surface area (Å²) in [6, 6.07) is 9.22. The average Bonchev–Trinajstić information content (AvgIpc) is 2.92. The highest BCUT2D eigenvalue weighted by atomic mass is 31.2. The molecule has 2 aliphatic rings. The highest BCUT2D eigenvalue weighted by molar-refractivity contribution is 7.45. The maximum Gasteiger partial charge on any atom is 0.336 e. The Kier molecular flexibility index (Phi) is 9.17. The Bertz CT molecular complexity index is 1490. The summed E-state index contributed by atoms with van der Waals surface area (Å²) in [5.41, 5.74) is 4.04. The van der Waals surface area contributed by atoms with Crippen LogP contribution in [-0.4, -0.2) is 48.1 Å². The van der Waals surface area contributed by atoms with Gasteiger partial charge in [-0.05, 0) is 95.2 Å². The van der Waals surface area contributed by atoms with Gasteiger partial charge in [-0.15, -0.1) is 0 Å². The van der Waals surface area contributed by atoms with Crippen molar-refractivity contribution in [2.24, 2.45) is 0 Å². The van der Waals surface area contributed by atoms with Gasteiger partial charge in [0, 0.05) is 19.2 Å². The Morgan fingerprint density at radius 1 is 1.05 bits per heavy atom. The molecule has 0 saturated heterocycles. The van der Waals surface area contributed by atoms with Crippen LogP contribution in [0.5, 0.6) is 5.75 Å². The lowest BCUT2D eigenvalue weighted by Crippen LogP contribution is -2.25. The van der Waals surface area contributed by atoms with Crippen molar-refractivity contribution in [1.29, 1.82) is 0 Å². The molecule has 0 aliphatic heterocycles. The van der Waals surface area contributed by atoms with E-state index in [1.165, 1.54) is 30.4 Å². The minimum absolute atomic E-state index is 0.00273. The summed E-state index contributed by atoms with van der Waals surface area (Å²) in [6.45, 7) is 0.405. The molecule has 3 N–H and O–H groups in total. The van der Waals surface area contributed by atoms with Crippen LogP contribution >= 0.6 is 7.82 Å². The van der Waals surface area contributed by atoms with E-state index in [0.717, 1.165) is 19.1 Å². The highest BCUT2D eigenvalue weighted by Crippen LogP contribution is 2.42. The molecular weight excluding hydrogens is 537 g/mol. The zero-order chi connectivity index (χ0) is 28.9. The lowest BCUT2D eigenvalue weighted by Gasteiger charge is -2.27. The van der Waals surface area contributed by atoms with Gasteiger partial charge in [-0.25, -0.2) is 4.79 Å². The summed E-state index contributed by atoms with van der Waals surface area (Å²) in [6.07, 6.45) is 7.61. The minimum atomic E-state index is -4.22. The molecule has 2 aliphatic carbocycles. The molecule has 0 fully saturated rings. The third-order valence-electron chi connectivity index (χ3n) is 6.70. The molecule has 0 saturated carbocycles. The summed E-state index contributed by atoms with van der Waals surface area (Å²) >= 11 is 0. The van der Waals surface area contributed by atoms with Crippen molar-refractivity contribution in [3.63, 3.8) is 0 Å². The average molecular weight is 567 g/mol. The number of phosphoric acid groups is 1. The van der Waals surface area contributed by atoms with Gasteiger partial charge in [0.15, 0.2) is 5.78 Å². The Morgan fingerprint density at radius 3 is 2.58 bits per heavy atom. The molecule has 0 aromatic heterocycles. The van der Waals surface area contributed by atoms with Gasteiger partial charge >= 0.3 is 5.97 Å². The normalized spacial score (nSPS) is 15.7. The van der Waals surface area contributed by atoms with E-state index in [1.807, 2.05) is 0 Å². The van der Waals surface area contributed by atoms with Gasteiger partial charge in [-0.1, -0.05) is 25.0 Å². The fourth-order valence-electron chi connectivity index (χ4n) is 4.76. The lowest BCUT2D eigenvalue weighted by atomic mass is 9.76. The third-order valence-corrected chi connectivity index (χ3v) is 7.64. The first kappa shape index (κ1) is 29.2. The van der Waals surface area contributed by atoms with Crippen LogP contribution in [0.3, 0.4) is 0 Å². The molecule has 2 aromatic carbocycles. The molecule has 0 bridgehead atoms. The number of fused-ring (bicyclic) bond motifs is 2. The summed E-state index contributed by atoms with van der Waals surface area (Å²) in [5.74, 6) is -1.66. The molecule has 1 unspecified atom stereocenters. The molecule has 1 atom stereocenters. The monoisotopic (exact) mass is 566 g/mol. The number of amides is 1. The molecule has 10 nitrogen and oxygen atoms in total. The number of unbranched alkanes of at least 4 members (excludes halogenated alkanes) is 3. The number of carbonyl (C=O) groups excluding carboxylic acids is 2. The predicted octanol–water partition coefficient (Wildman–Crippen LogP) is 3.94. The van der Waals surface area contributed by atoms with Gasteiger partial charge in [-0.3, -0.25) is 14.2 Å². The standard InChI is InChI=1S/C29H30NO9P/c1-38-40(36,37)39-13-5-3-2-4-12-30-28(33)18-6-9-25(29(34)35)26(17-18)27-23-10-7-21(31)15-19(23)14-20-16-22(32)8-11-24(20)27/h6-11,15-17,31H,2-5,12-14H2,1H3,(H,30,33)(H,34,35)(H,36,37)/p-1. The highest BCUT2D eigenvalue weighted by Gasteiger charge is 2.28. The Hall–Kier alpha value is -3.82. The number of rotatable bonds is 12.